The first-order valence-corrected chi connectivity index (χ1v) is 7.41. The van der Waals surface area contributed by atoms with Crippen LogP contribution in [0, 0.1) is 5.41 Å². The highest BCUT2D eigenvalue weighted by molar-refractivity contribution is 7.99. The Labute approximate surface area is 125 Å². The summed E-state index contributed by atoms with van der Waals surface area (Å²) in [6, 6.07) is 3.79. The summed E-state index contributed by atoms with van der Waals surface area (Å²) in [7, 11) is 1.31. The Balaban J connectivity index is 2.09. The Hall–Kier alpha value is -1.37. The first-order chi connectivity index (χ1) is 9.76. The number of alkyl halides is 3. The number of hydrogen-bond acceptors (Lipinski definition) is 4. The molecule has 1 fully saturated rings. The molecule has 0 aromatic heterocycles. The molecular weight excluding hydrogens is 303 g/mol. The lowest BCUT2D eigenvalue weighted by Gasteiger charge is -2.16. The van der Waals surface area contributed by atoms with Gasteiger partial charge in [-0.25, -0.2) is 0 Å². The molecule has 2 N–H and O–H groups in total. The lowest BCUT2D eigenvalue weighted by molar-refractivity contribution is -0.142. The Bertz CT molecular complexity index is 542. The SMILES string of the molecule is COC(=O)CC1(CSc2ccc(N)cc2C(F)(F)F)CC1. The third-order valence-electron chi connectivity index (χ3n) is 3.55. The van der Waals surface area contributed by atoms with E-state index in [1.54, 1.807) is 0 Å². The third-order valence-corrected chi connectivity index (χ3v) is 4.97. The first kappa shape index (κ1) is 16.0. The van der Waals surface area contributed by atoms with E-state index in [9.17, 15) is 18.0 Å². The minimum atomic E-state index is -4.43. The predicted octanol–water partition coefficient (Wildman–Crippen LogP) is 3.72. The van der Waals surface area contributed by atoms with Crippen LogP contribution in [0.4, 0.5) is 18.9 Å². The number of benzene rings is 1. The van der Waals surface area contributed by atoms with Crippen molar-refractivity contribution in [1.82, 2.24) is 0 Å². The largest absolute Gasteiger partial charge is 0.469 e. The molecule has 0 saturated heterocycles. The molecule has 0 radical (unpaired) electrons. The molecule has 2 rings (SSSR count). The van der Waals surface area contributed by atoms with E-state index in [2.05, 4.69) is 4.74 Å². The van der Waals surface area contributed by atoms with Crippen LogP contribution in [0.2, 0.25) is 0 Å². The highest BCUT2D eigenvalue weighted by atomic mass is 32.2. The number of carbonyl (C=O) groups is 1. The van der Waals surface area contributed by atoms with E-state index in [4.69, 9.17) is 5.73 Å². The maximum atomic E-state index is 13.0. The quantitative estimate of drug-likeness (QED) is 0.510. The molecule has 1 aliphatic rings. The van der Waals surface area contributed by atoms with Crippen molar-refractivity contribution in [2.24, 2.45) is 5.41 Å². The zero-order valence-electron chi connectivity index (χ0n) is 11.5. The van der Waals surface area contributed by atoms with Gasteiger partial charge >= 0.3 is 12.1 Å². The Kier molecular flexibility index (Phi) is 4.41. The summed E-state index contributed by atoms with van der Waals surface area (Å²) in [5.41, 5.74) is 4.58. The van der Waals surface area contributed by atoms with Gasteiger partial charge < -0.3 is 10.5 Å². The predicted molar refractivity (Wildman–Crippen MR) is 74.9 cm³/mol. The van der Waals surface area contributed by atoms with Crippen molar-refractivity contribution in [2.45, 2.75) is 30.3 Å². The molecule has 0 heterocycles. The second-order valence-corrected chi connectivity index (χ2v) is 6.31. The number of carbonyl (C=O) groups excluding carboxylic acids is 1. The van der Waals surface area contributed by atoms with Crippen molar-refractivity contribution in [3.63, 3.8) is 0 Å². The van der Waals surface area contributed by atoms with Gasteiger partial charge in [0.25, 0.3) is 0 Å². The van der Waals surface area contributed by atoms with Crippen molar-refractivity contribution < 1.29 is 22.7 Å². The average molecular weight is 319 g/mol. The molecule has 0 amide bonds. The smallest absolute Gasteiger partial charge is 0.417 e. The molecule has 1 aromatic rings. The van der Waals surface area contributed by atoms with Crippen LogP contribution in [0.15, 0.2) is 23.1 Å². The van der Waals surface area contributed by atoms with Crippen LogP contribution in [-0.2, 0) is 15.7 Å². The number of hydrogen-bond donors (Lipinski definition) is 1. The summed E-state index contributed by atoms with van der Waals surface area (Å²) in [5.74, 6) is 0.149. The van der Waals surface area contributed by atoms with Crippen LogP contribution < -0.4 is 5.73 Å². The van der Waals surface area contributed by atoms with Gasteiger partial charge in [-0.1, -0.05) is 0 Å². The van der Waals surface area contributed by atoms with Gasteiger partial charge in [0.2, 0.25) is 0 Å². The molecule has 21 heavy (non-hydrogen) atoms. The number of rotatable bonds is 5. The number of nitrogens with two attached hydrogens (primary N) is 1. The summed E-state index contributed by atoms with van der Waals surface area (Å²) < 4.78 is 43.6. The number of nitrogen functional groups attached to an aromatic ring is 1. The van der Waals surface area contributed by atoms with Crippen molar-refractivity contribution in [3.8, 4) is 0 Å². The minimum absolute atomic E-state index is 0.0855. The average Bonchev–Trinajstić information content (AvgIpc) is 3.16. The molecule has 7 heteroatoms. The Morgan fingerprint density at radius 1 is 1.43 bits per heavy atom. The maximum absolute atomic E-state index is 13.0. The van der Waals surface area contributed by atoms with E-state index in [0.717, 1.165) is 30.7 Å². The van der Waals surface area contributed by atoms with Gasteiger partial charge in [-0.3, -0.25) is 4.79 Å². The topological polar surface area (TPSA) is 52.3 Å². The number of anilines is 1. The molecule has 1 aromatic carbocycles. The second kappa shape index (κ2) is 5.79. The second-order valence-electron chi connectivity index (χ2n) is 5.29. The lowest BCUT2D eigenvalue weighted by atomic mass is 10.1. The Morgan fingerprint density at radius 3 is 2.62 bits per heavy atom. The number of halogens is 3. The van der Waals surface area contributed by atoms with Gasteiger partial charge in [0.1, 0.15) is 0 Å². The normalized spacial score (nSPS) is 16.6. The van der Waals surface area contributed by atoms with Crippen LogP contribution in [0.5, 0.6) is 0 Å². The van der Waals surface area contributed by atoms with Gasteiger partial charge in [-0.2, -0.15) is 13.2 Å². The molecule has 0 atom stereocenters. The van der Waals surface area contributed by atoms with E-state index >= 15 is 0 Å². The zero-order chi connectivity index (χ0) is 15.7. The molecule has 1 saturated carbocycles. The van der Waals surface area contributed by atoms with E-state index in [1.165, 1.54) is 19.2 Å². The van der Waals surface area contributed by atoms with Crippen molar-refractivity contribution in [1.29, 1.82) is 0 Å². The highest BCUT2D eigenvalue weighted by Crippen LogP contribution is 2.53. The number of esters is 1. The van der Waals surface area contributed by atoms with Gasteiger partial charge in [-0.05, 0) is 36.5 Å². The molecule has 0 spiro atoms. The van der Waals surface area contributed by atoms with Crippen molar-refractivity contribution >= 4 is 23.4 Å². The van der Waals surface area contributed by atoms with E-state index in [0.29, 0.717) is 5.75 Å². The fourth-order valence-corrected chi connectivity index (χ4v) is 3.40. The first-order valence-electron chi connectivity index (χ1n) is 6.42. The van der Waals surface area contributed by atoms with Crippen LogP contribution in [0.1, 0.15) is 24.8 Å². The summed E-state index contributed by atoms with van der Waals surface area (Å²) in [5, 5.41) is 0. The summed E-state index contributed by atoms with van der Waals surface area (Å²) >= 11 is 1.12. The molecular formula is C14H16F3NO2S. The van der Waals surface area contributed by atoms with Crippen LogP contribution in [-0.4, -0.2) is 18.8 Å². The van der Waals surface area contributed by atoms with Gasteiger partial charge in [0, 0.05) is 16.3 Å². The molecule has 0 aliphatic heterocycles. The third kappa shape index (κ3) is 4.06. The van der Waals surface area contributed by atoms with Gasteiger partial charge in [-0.15, -0.1) is 11.8 Å². The number of thioether (sulfide) groups is 1. The highest BCUT2D eigenvalue weighted by Gasteiger charge is 2.45. The van der Waals surface area contributed by atoms with E-state index < -0.39 is 11.7 Å². The zero-order valence-corrected chi connectivity index (χ0v) is 12.3. The molecule has 116 valence electrons. The van der Waals surface area contributed by atoms with Gasteiger partial charge in [0.05, 0.1) is 19.1 Å². The fourth-order valence-electron chi connectivity index (χ4n) is 2.05. The maximum Gasteiger partial charge on any atom is 0.417 e. The van der Waals surface area contributed by atoms with E-state index in [-0.39, 0.29) is 28.4 Å². The van der Waals surface area contributed by atoms with E-state index in [1.807, 2.05) is 0 Å². The number of methoxy groups -OCH3 is 1. The standard InChI is InChI=1S/C14H16F3NO2S/c1-20-12(19)7-13(4-5-13)8-21-11-3-2-9(18)6-10(11)14(15,16)17/h2-3,6H,4-5,7-8,18H2,1H3. The van der Waals surface area contributed by atoms with Gasteiger partial charge in [0.15, 0.2) is 0 Å². The molecule has 0 bridgehead atoms. The summed E-state index contributed by atoms with van der Waals surface area (Å²) in [6.07, 6.45) is -2.50. The molecule has 0 unspecified atom stereocenters. The van der Waals surface area contributed by atoms with Crippen LogP contribution in [0.25, 0.3) is 0 Å². The Morgan fingerprint density at radius 2 is 2.10 bits per heavy atom. The summed E-state index contributed by atoms with van der Waals surface area (Å²) in [6.45, 7) is 0. The summed E-state index contributed by atoms with van der Waals surface area (Å²) in [4.78, 5) is 11.5. The minimum Gasteiger partial charge on any atom is -0.469 e. The lowest BCUT2D eigenvalue weighted by Crippen LogP contribution is -2.14. The van der Waals surface area contributed by atoms with Crippen molar-refractivity contribution in [2.75, 3.05) is 18.6 Å². The fraction of sp³-hybridized carbons (Fsp3) is 0.500. The molecule has 3 nitrogen and oxygen atoms in total. The van der Waals surface area contributed by atoms with Crippen LogP contribution in [0.3, 0.4) is 0 Å². The van der Waals surface area contributed by atoms with Crippen LogP contribution >= 0.6 is 11.8 Å². The van der Waals surface area contributed by atoms with Crippen molar-refractivity contribution in [3.05, 3.63) is 23.8 Å². The number of ether oxygens (including phenoxy) is 1. The monoisotopic (exact) mass is 319 g/mol. The molecule has 1 aliphatic carbocycles.